The van der Waals surface area contributed by atoms with Crippen molar-refractivity contribution in [1.82, 2.24) is 15.0 Å². The lowest BCUT2D eigenvalue weighted by atomic mass is 10.3. The summed E-state index contributed by atoms with van der Waals surface area (Å²) in [6.45, 7) is 2.96. The van der Waals surface area contributed by atoms with E-state index in [4.69, 9.17) is 9.47 Å². The number of hydrogen-bond donors (Lipinski definition) is 0. The molecule has 9 heteroatoms. The molecular formula is C12H19F2N3O4. The second-order valence-electron chi connectivity index (χ2n) is 4.03. The Labute approximate surface area is 121 Å². The molecule has 1 rings (SSSR count). The van der Waals surface area contributed by atoms with Crippen molar-refractivity contribution in [2.75, 3.05) is 33.5 Å². The van der Waals surface area contributed by atoms with Crippen LogP contribution in [0.5, 0.6) is 0 Å². The summed E-state index contributed by atoms with van der Waals surface area (Å²) >= 11 is 0. The van der Waals surface area contributed by atoms with Gasteiger partial charge in [0.15, 0.2) is 5.69 Å². The molecule has 0 spiro atoms. The molecule has 0 unspecified atom stereocenters. The van der Waals surface area contributed by atoms with Gasteiger partial charge in [0.25, 0.3) is 6.43 Å². The van der Waals surface area contributed by atoms with Gasteiger partial charge in [-0.3, -0.25) is 0 Å². The fraction of sp³-hybridized carbons (Fsp3) is 0.750. The van der Waals surface area contributed by atoms with Crippen LogP contribution in [0.25, 0.3) is 0 Å². The van der Waals surface area contributed by atoms with Crippen LogP contribution in [0, 0.1) is 0 Å². The summed E-state index contributed by atoms with van der Waals surface area (Å²) in [5.74, 6) is -0.903. The molecule has 0 N–H and O–H groups in total. The van der Waals surface area contributed by atoms with Gasteiger partial charge in [-0.1, -0.05) is 5.21 Å². The smallest absolute Gasteiger partial charge is 0.361 e. The molecule has 1 heterocycles. The zero-order valence-corrected chi connectivity index (χ0v) is 12.1. The van der Waals surface area contributed by atoms with Crippen LogP contribution in [0.3, 0.4) is 0 Å². The van der Waals surface area contributed by atoms with Gasteiger partial charge in [0, 0.05) is 20.3 Å². The number of rotatable bonds is 10. The first-order chi connectivity index (χ1) is 10.1. The predicted molar refractivity (Wildman–Crippen MR) is 68.2 cm³/mol. The van der Waals surface area contributed by atoms with Crippen LogP contribution < -0.4 is 0 Å². The highest BCUT2D eigenvalue weighted by Crippen LogP contribution is 2.21. The van der Waals surface area contributed by atoms with Gasteiger partial charge in [-0.15, -0.1) is 5.10 Å². The second kappa shape index (κ2) is 9.35. The molecule has 0 saturated heterocycles. The highest BCUT2D eigenvalue weighted by Gasteiger charge is 2.27. The van der Waals surface area contributed by atoms with Gasteiger partial charge in [-0.05, 0) is 13.3 Å². The molecule has 1 aromatic rings. The van der Waals surface area contributed by atoms with Crippen LogP contribution in [0.2, 0.25) is 0 Å². The second-order valence-corrected chi connectivity index (χ2v) is 4.03. The zero-order chi connectivity index (χ0) is 15.7. The Kier molecular flexibility index (Phi) is 7.76. The van der Waals surface area contributed by atoms with E-state index in [9.17, 15) is 13.6 Å². The molecule has 0 saturated carbocycles. The van der Waals surface area contributed by atoms with Gasteiger partial charge in [0.2, 0.25) is 0 Å². The molecule has 0 radical (unpaired) electrons. The summed E-state index contributed by atoms with van der Waals surface area (Å²) in [6, 6.07) is 0. The molecule has 0 aliphatic heterocycles. The van der Waals surface area contributed by atoms with E-state index < -0.39 is 23.8 Å². The molecule has 7 nitrogen and oxygen atoms in total. The largest absolute Gasteiger partial charge is 0.461 e. The quantitative estimate of drug-likeness (QED) is 0.481. The Morgan fingerprint density at radius 2 is 2.10 bits per heavy atom. The topological polar surface area (TPSA) is 75.5 Å². The van der Waals surface area contributed by atoms with Gasteiger partial charge in [0.1, 0.15) is 5.69 Å². The number of ether oxygens (including phenoxy) is 3. The lowest BCUT2D eigenvalue weighted by molar-refractivity contribution is 0.0505. The highest BCUT2D eigenvalue weighted by atomic mass is 19.3. The molecule has 0 aromatic carbocycles. The summed E-state index contributed by atoms with van der Waals surface area (Å²) < 4.78 is 41.8. The van der Waals surface area contributed by atoms with Crippen LogP contribution >= 0.6 is 0 Å². The average molecular weight is 307 g/mol. The average Bonchev–Trinajstić information content (AvgIpc) is 2.87. The van der Waals surface area contributed by atoms with Crippen LogP contribution in [0.1, 0.15) is 36.0 Å². The number of halogens is 2. The normalized spacial score (nSPS) is 11.1. The maximum absolute atomic E-state index is 13.0. The van der Waals surface area contributed by atoms with Crippen molar-refractivity contribution in [1.29, 1.82) is 0 Å². The van der Waals surface area contributed by atoms with Crippen molar-refractivity contribution in [3.05, 3.63) is 11.4 Å². The van der Waals surface area contributed by atoms with E-state index in [1.807, 2.05) is 0 Å². The van der Waals surface area contributed by atoms with Gasteiger partial charge in [-0.25, -0.2) is 18.3 Å². The van der Waals surface area contributed by atoms with Crippen molar-refractivity contribution in [3.8, 4) is 0 Å². The van der Waals surface area contributed by atoms with E-state index in [-0.39, 0.29) is 19.8 Å². The Morgan fingerprint density at radius 1 is 1.33 bits per heavy atom. The fourth-order valence-corrected chi connectivity index (χ4v) is 1.60. The first-order valence-corrected chi connectivity index (χ1v) is 6.57. The summed E-state index contributed by atoms with van der Waals surface area (Å²) in [6.07, 6.45) is -2.16. The lowest BCUT2D eigenvalue weighted by Crippen LogP contribution is -2.14. The standard InChI is InChI=1S/C12H19F2N3O4/c1-3-21-12(18)9-10(11(13)14)17(16-15-9)5-8-20-7-4-6-19-2/h11H,3-8H2,1-2H3. The number of esters is 1. The monoisotopic (exact) mass is 307 g/mol. The molecule has 0 fully saturated rings. The molecule has 0 aliphatic rings. The first kappa shape index (κ1) is 17.4. The Bertz CT molecular complexity index is 440. The van der Waals surface area contributed by atoms with Crippen molar-refractivity contribution in [2.45, 2.75) is 26.3 Å². The molecular weight excluding hydrogens is 288 g/mol. The van der Waals surface area contributed by atoms with E-state index in [0.717, 1.165) is 4.68 Å². The SMILES string of the molecule is CCOC(=O)c1nnn(CCOCCCOC)c1C(F)F. The number of methoxy groups -OCH3 is 1. The van der Waals surface area contributed by atoms with E-state index in [1.54, 1.807) is 14.0 Å². The third-order valence-electron chi connectivity index (χ3n) is 2.53. The van der Waals surface area contributed by atoms with Crippen LogP contribution in [-0.2, 0) is 20.8 Å². The summed E-state index contributed by atoms with van der Waals surface area (Å²) in [4.78, 5) is 11.5. The fourth-order valence-electron chi connectivity index (χ4n) is 1.60. The summed E-state index contributed by atoms with van der Waals surface area (Å²) in [5, 5.41) is 7.02. The molecule has 21 heavy (non-hydrogen) atoms. The van der Waals surface area contributed by atoms with Crippen LogP contribution in [0.15, 0.2) is 0 Å². The van der Waals surface area contributed by atoms with Crippen molar-refractivity contribution in [2.24, 2.45) is 0 Å². The van der Waals surface area contributed by atoms with E-state index >= 15 is 0 Å². The number of carbonyl (C=O) groups excluding carboxylic acids is 1. The molecule has 120 valence electrons. The molecule has 0 atom stereocenters. The minimum absolute atomic E-state index is 0.0803. The molecule has 1 aromatic heterocycles. The minimum Gasteiger partial charge on any atom is -0.461 e. The summed E-state index contributed by atoms with van der Waals surface area (Å²) in [7, 11) is 1.58. The third kappa shape index (κ3) is 5.35. The maximum Gasteiger partial charge on any atom is 0.361 e. The molecule has 0 bridgehead atoms. The molecule has 0 amide bonds. The zero-order valence-electron chi connectivity index (χ0n) is 12.1. The van der Waals surface area contributed by atoms with E-state index in [2.05, 4.69) is 15.0 Å². The number of carbonyl (C=O) groups is 1. The van der Waals surface area contributed by atoms with Crippen LogP contribution in [-0.4, -0.2) is 54.5 Å². The minimum atomic E-state index is -2.87. The van der Waals surface area contributed by atoms with E-state index in [0.29, 0.717) is 19.6 Å². The predicted octanol–water partition coefficient (Wildman–Crippen LogP) is 1.45. The molecule has 0 aliphatic carbocycles. The van der Waals surface area contributed by atoms with Gasteiger partial charge in [-0.2, -0.15) is 0 Å². The van der Waals surface area contributed by atoms with Gasteiger partial charge in [0.05, 0.1) is 19.8 Å². The van der Waals surface area contributed by atoms with Gasteiger partial charge < -0.3 is 14.2 Å². The third-order valence-corrected chi connectivity index (χ3v) is 2.53. The number of nitrogens with zero attached hydrogens (tertiary/aromatic N) is 3. The van der Waals surface area contributed by atoms with Crippen molar-refractivity contribution in [3.63, 3.8) is 0 Å². The Balaban J connectivity index is 2.59. The number of aromatic nitrogens is 3. The number of alkyl halides is 2. The van der Waals surface area contributed by atoms with Gasteiger partial charge >= 0.3 is 5.97 Å². The van der Waals surface area contributed by atoms with Crippen molar-refractivity contribution < 1.29 is 27.8 Å². The maximum atomic E-state index is 13.0. The first-order valence-electron chi connectivity index (χ1n) is 6.57. The number of hydrogen-bond acceptors (Lipinski definition) is 6. The lowest BCUT2D eigenvalue weighted by Gasteiger charge is -2.07. The van der Waals surface area contributed by atoms with Crippen molar-refractivity contribution >= 4 is 5.97 Å². The van der Waals surface area contributed by atoms with E-state index in [1.165, 1.54) is 0 Å². The highest BCUT2D eigenvalue weighted by molar-refractivity contribution is 5.88. The van der Waals surface area contributed by atoms with Crippen LogP contribution in [0.4, 0.5) is 8.78 Å². The Hall–Kier alpha value is -1.61. The summed E-state index contributed by atoms with van der Waals surface area (Å²) in [5.41, 5.74) is -1.000. The Morgan fingerprint density at radius 3 is 2.71 bits per heavy atom.